The minimum Gasteiger partial charge on any atom is -0.477 e. The van der Waals surface area contributed by atoms with Crippen LogP contribution in [0.5, 0.6) is 0 Å². The van der Waals surface area contributed by atoms with Gasteiger partial charge in [-0.15, -0.1) is 0 Å². The lowest BCUT2D eigenvalue weighted by atomic mass is 9.91. The van der Waals surface area contributed by atoms with Crippen molar-refractivity contribution in [3.8, 4) is 0 Å². The summed E-state index contributed by atoms with van der Waals surface area (Å²) in [6.45, 7) is -8.76. The van der Waals surface area contributed by atoms with E-state index in [4.69, 9.17) is 85.8 Å². The zero-order chi connectivity index (χ0) is 83.9. The van der Waals surface area contributed by atoms with Gasteiger partial charge in [0, 0.05) is 33.7 Å². The number of aliphatic carboxylic acids is 1. The molecule has 0 radical (unpaired) electrons. The predicted octanol–water partition coefficient (Wildman–Crippen LogP) is -19.4. The molecule has 8 aliphatic heterocycles. The Balaban J connectivity index is 1.26. The van der Waals surface area contributed by atoms with E-state index >= 15 is 0 Å². The molecule has 8 rings (SSSR count). The molecule has 0 aliphatic carbocycles. The third-order valence-electron chi connectivity index (χ3n) is 19.7. The first kappa shape index (κ1) is 94.9. The topological polar surface area (TPSA) is 830 Å². The van der Waals surface area contributed by atoms with Crippen LogP contribution in [0.3, 0.4) is 0 Å². The number of carboxylic acids is 1. The molecule has 53 heteroatoms. The molecule has 113 heavy (non-hydrogen) atoms. The van der Waals surface area contributed by atoms with Crippen LogP contribution in [0.4, 0.5) is 0 Å². The van der Waals surface area contributed by atoms with Crippen molar-refractivity contribution in [2.75, 3.05) is 66.0 Å². The van der Waals surface area contributed by atoms with Crippen LogP contribution in [0.2, 0.25) is 0 Å². The predicted molar refractivity (Wildman–Crippen MR) is 346 cm³/mol. The first-order valence-corrected chi connectivity index (χ1v) is 36.8. The Morgan fingerprint density at radius 3 is 1.28 bits per heavy atom. The maximum absolute atomic E-state index is 13.6. The molecule has 52 nitrogen and oxygen atoms in total. The van der Waals surface area contributed by atoms with E-state index in [9.17, 15) is 156 Å². The van der Waals surface area contributed by atoms with Gasteiger partial charge in [-0.05, 0) is 0 Å². The summed E-state index contributed by atoms with van der Waals surface area (Å²) in [6.07, 6.45) is -90.9. The van der Waals surface area contributed by atoms with Crippen molar-refractivity contribution in [1.29, 1.82) is 0 Å². The van der Waals surface area contributed by atoms with Crippen LogP contribution in [0.25, 0.3) is 0 Å². The lowest BCUT2D eigenvalue weighted by molar-refractivity contribution is -0.415. The fraction of sp³-hybridized carbons (Fsp3) is 0.933. The number of hydrogen-bond acceptors (Lipinski definition) is 47. The summed E-state index contributed by atoms with van der Waals surface area (Å²) in [6, 6.07) is -5.79. The smallest absolute Gasteiger partial charge is 0.472 e. The molecule has 656 valence electrons. The van der Waals surface area contributed by atoms with Crippen molar-refractivity contribution < 1.29 is 236 Å². The number of nitrogens with two attached hydrogens (primary N) is 1. The number of aliphatic hydroxyl groups excluding tert-OH is 23. The Kier molecular flexibility index (Phi) is 34.5. The first-order chi connectivity index (χ1) is 53.2. The Labute approximate surface area is 638 Å². The molecule has 3 amide bonds. The van der Waals surface area contributed by atoms with Crippen LogP contribution < -0.4 is 21.7 Å². The number of nitrogens with one attached hydrogen (secondary N) is 3. The summed E-state index contributed by atoms with van der Waals surface area (Å²) in [5.41, 5.74) is 5.48. The number of ether oxygens (including phenoxy) is 15. The Hall–Kier alpha value is -3.61. The second-order valence-corrected chi connectivity index (χ2v) is 29.1. The maximum Gasteiger partial charge on any atom is 0.472 e. The van der Waals surface area contributed by atoms with Gasteiger partial charge in [0.25, 0.3) is 5.79 Å². The molecule has 8 heterocycles. The molecule has 43 atom stereocenters. The minimum absolute atomic E-state index is 0.480. The Morgan fingerprint density at radius 1 is 0.425 bits per heavy atom. The molecule has 1 unspecified atom stereocenters. The molecule has 0 bridgehead atoms. The van der Waals surface area contributed by atoms with E-state index in [1.54, 1.807) is 0 Å². The summed E-state index contributed by atoms with van der Waals surface area (Å²) >= 11 is 0. The van der Waals surface area contributed by atoms with Crippen molar-refractivity contribution in [3.63, 3.8) is 0 Å². The summed E-state index contributed by atoms with van der Waals surface area (Å²) in [5.74, 6) is -8.42. The number of carbonyl (C=O) groups is 4. The van der Waals surface area contributed by atoms with E-state index < -0.39 is 361 Å². The zero-order valence-corrected chi connectivity index (χ0v) is 61.0. The quantitative estimate of drug-likeness (QED) is 0.0266. The highest BCUT2D eigenvalue weighted by atomic mass is 31.2. The van der Waals surface area contributed by atoms with E-state index in [-0.39, 0.29) is 0 Å². The summed E-state index contributed by atoms with van der Waals surface area (Å²) in [4.78, 5) is 61.7. The Bertz CT molecular complexity index is 3060. The van der Waals surface area contributed by atoms with Crippen LogP contribution in [-0.4, -0.2) is 479 Å². The van der Waals surface area contributed by atoms with Gasteiger partial charge in [0.05, 0.1) is 65.6 Å². The number of phosphoric ester groups is 1. The molecular weight excluding hydrogens is 1580 g/mol. The van der Waals surface area contributed by atoms with Gasteiger partial charge in [0.2, 0.25) is 17.7 Å². The van der Waals surface area contributed by atoms with Gasteiger partial charge in [-0.1, -0.05) is 0 Å². The SMILES string of the molecule is CC(=O)N[C@H]1[C@H](O[C@H]2[C@@H](O)[C@@H](CO)O[C@H](O[C@@H]3[C@H](O)[C@@H](O[C@@H]4[C@H](O)[C@@H](O[C@H]5[C@@H]([C@H](O)CO)O[C@@](O)(C(=O)O)C[C@H]5O)O[C@H]([C@H](CO)OP(=O)(O)OCCN)[C@H]4O[C@@H]4O[C@H](CO)[C@@H](O)[C@H](O)[C@H]4O)O[C@H]([C@@H](O)CO)[C@H]3O)[C@@H]2O[C@@H]2O[C@H](CO)[C@@H](O)[C@H](O)[C@H]2NC(C)=O)O[C@H](CO)[C@H](O[C@H]2O[C@H](CO)[C@H](O)[C@H](O)[C@H]2NC(C)=O)[C@@H]1O. The van der Waals surface area contributed by atoms with Gasteiger partial charge in [0.1, 0.15) is 201 Å². The normalized spacial score (nSPS) is 46.0. The summed E-state index contributed by atoms with van der Waals surface area (Å²) in [7, 11) is -5.59. The monoisotopic (exact) mass is 1680 g/mol. The highest BCUT2D eigenvalue weighted by Crippen LogP contribution is 2.48. The van der Waals surface area contributed by atoms with E-state index in [2.05, 4.69) is 16.0 Å². The van der Waals surface area contributed by atoms with Crippen molar-refractivity contribution in [3.05, 3.63) is 0 Å². The van der Waals surface area contributed by atoms with Gasteiger partial charge >= 0.3 is 13.8 Å². The second-order valence-electron chi connectivity index (χ2n) is 27.7. The van der Waals surface area contributed by atoms with Crippen LogP contribution in [0.1, 0.15) is 27.2 Å². The minimum atomic E-state index is -5.59. The second kappa shape index (κ2) is 41.1. The van der Waals surface area contributed by atoms with Crippen LogP contribution in [0, 0.1) is 0 Å². The molecule has 31 N–H and O–H groups in total. The van der Waals surface area contributed by atoms with Gasteiger partial charge in [-0.25, -0.2) is 9.36 Å². The fourth-order valence-corrected chi connectivity index (χ4v) is 14.9. The van der Waals surface area contributed by atoms with Crippen LogP contribution >= 0.6 is 7.82 Å². The lowest BCUT2D eigenvalue weighted by Gasteiger charge is -2.53. The van der Waals surface area contributed by atoms with Crippen molar-refractivity contribution in [1.82, 2.24) is 16.0 Å². The van der Waals surface area contributed by atoms with Crippen molar-refractivity contribution in [2.45, 2.75) is 284 Å². The van der Waals surface area contributed by atoms with Gasteiger partial charge in [-0.2, -0.15) is 0 Å². The third kappa shape index (κ3) is 21.6. The number of carboxylic acid groups (broad SMARTS) is 1. The maximum atomic E-state index is 13.6. The lowest BCUT2D eigenvalue weighted by Crippen LogP contribution is -2.72. The molecule has 8 saturated heterocycles. The third-order valence-corrected chi connectivity index (χ3v) is 20.8. The van der Waals surface area contributed by atoms with Crippen LogP contribution in [0.15, 0.2) is 0 Å². The fourth-order valence-electron chi connectivity index (χ4n) is 14.0. The highest BCUT2D eigenvalue weighted by Gasteiger charge is 2.63. The molecule has 0 saturated carbocycles. The van der Waals surface area contributed by atoms with Gasteiger partial charge in [0.15, 0.2) is 44.0 Å². The summed E-state index contributed by atoms with van der Waals surface area (Å²) in [5, 5.41) is 287. The van der Waals surface area contributed by atoms with E-state index in [1.807, 2.05) is 0 Å². The molecule has 8 fully saturated rings. The molecule has 0 aromatic heterocycles. The number of carbonyl (C=O) groups excluding carboxylic acids is 3. The average molecular weight is 1680 g/mol. The molecule has 8 aliphatic rings. The molecular formula is C60H103N4O48P. The largest absolute Gasteiger partial charge is 0.477 e. The van der Waals surface area contributed by atoms with E-state index in [0.717, 1.165) is 20.8 Å². The zero-order valence-electron chi connectivity index (χ0n) is 60.1. The van der Waals surface area contributed by atoms with Crippen molar-refractivity contribution >= 4 is 31.5 Å². The molecule has 0 spiro atoms. The number of amides is 3. The number of phosphoric acid groups is 1. The number of rotatable bonds is 34. The Morgan fingerprint density at radius 2 is 0.805 bits per heavy atom. The molecule has 0 aromatic rings. The highest BCUT2D eigenvalue weighted by molar-refractivity contribution is 7.47. The molecule has 0 aromatic carbocycles. The standard InChI is InChI=1S/C60H103N4O48P/c1-15(73)62-27-34(83)30(79)21(9-67)97-52(27)104-45-25(13-71)101-54(29(36(45)85)64-17(3)75)107-48-33(82)24(12-70)100-58(51(48)110-53-28(63-16(2)74)35(84)31(80)22(10-68)98-53)106-47-39(88)42(19(77)7-65)102-56(40(47)89)108-49-41(90)57(103-43-18(76)6-60(93,59(91)92)111-44(43)20(78)8-66)105-46(26(14-72)112-113(94,95)96-5-4-61)50(49)109-55-38(87)37(86)32(81)23(11-69)99-55/h18-58,65-72,76-90,93H,4-14,61H2,1-3H3,(H,62,73)(H,63,74)(H,64,75)(H,91,92)(H,94,95)/t18-,19+,20-,21-,22-,23-,24-,25-,26+,27-,28-,29-,30+,31-,32-,33+,34-,35-,36-,37+,38-,39-,40+,41+,42-,43-,44-,45+,46-,47+,48+,49-,50-,51-,52-,53+,54+,55+,56-,57+,58-,60-/m1/s1. The van der Waals surface area contributed by atoms with Crippen molar-refractivity contribution in [2.24, 2.45) is 5.73 Å². The van der Waals surface area contributed by atoms with E-state index in [1.165, 1.54) is 0 Å². The first-order valence-electron chi connectivity index (χ1n) is 35.3. The summed E-state index contributed by atoms with van der Waals surface area (Å²) < 4.78 is 114. The van der Waals surface area contributed by atoms with Gasteiger partial charge < -0.3 is 225 Å². The van der Waals surface area contributed by atoms with Gasteiger partial charge in [-0.3, -0.25) is 23.4 Å². The van der Waals surface area contributed by atoms with Crippen LogP contribution in [-0.2, 0) is 104 Å². The number of hydrogen-bond donors (Lipinski definition) is 30. The van der Waals surface area contributed by atoms with E-state index in [0.29, 0.717) is 0 Å². The average Bonchev–Trinajstić information content (AvgIpc) is 0.754. The number of aliphatic hydroxyl groups is 24.